The molecule has 4 fully saturated rings. The van der Waals surface area contributed by atoms with Gasteiger partial charge in [-0.3, -0.25) is 19.6 Å². The van der Waals surface area contributed by atoms with E-state index in [0.717, 1.165) is 12.5 Å². The Morgan fingerprint density at radius 1 is 1.24 bits per heavy atom. The highest BCUT2D eigenvalue weighted by Gasteiger charge is 2.67. The van der Waals surface area contributed by atoms with Crippen LogP contribution in [-0.2, 0) is 18.9 Å². The normalized spacial score (nSPS) is 28.4. The molecule has 1 aliphatic heterocycles. The van der Waals surface area contributed by atoms with Crippen LogP contribution in [0, 0.1) is 23.2 Å². The molecule has 0 spiro atoms. The zero-order valence-electron chi connectivity index (χ0n) is 22.2. The molecule has 0 aromatic heterocycles. The summed E-state index contributed by atoms with van der Waals surface area (Å²) in [5, 5.41) is 14.3. The van der Waals surface area contributed by atoms with Gasteiger partial charge < -0.3 is 19.9 Å². The van der Waals surface area contributed by atoms with Gasteiger partial charge in [-0.15, -0.1) is 0 Å². The maximum atomic E-state index is 12.9. The second kappa shape index (κ2) is 10.6. The monoisotopic (exact) mass is 511 g/mol. The zero-order chi connectivity index (χ0) is 27.0. The smallest absolute Gasteiger partial charge is 0.404 e. The second-order valence-corrected chi connectivity index (χ2v) is 11.8. The van der Waals surface area contributed by atoms with Crippen LogP contribution < -0.4 is 16.1 Å². The molecular weight excluding hydrogens is 473 g/mol. The third kappa shape index (κ3) is 5.76. The van der Waals surface area contributed by atoms with Crippen LogP contribution in [0.3, 0.4) is 0 Å². The van der Waals surface area contributed by atoms with Gasteiger partial charge in [0, 0.05) is 11.6 Å². The van der Waals surface area contributed by atoms with Crippen molar-refractivity contribution >= 4 is 30.9 Å². The van der Waals surface area contributed by atoms with E-state index in [2.05, 4.69) is 45.3 Å². The highest BCUT2D eigenvalue weighted by atomic mass is 16.7. The molecule has 200 valence electrons. The van der Waals surface area contributed by atoms with E-state index in [0.29, 0.717) is 35.3 Å². The van der Waals surface area contributed by atoms with Crippen LogP contribution >= 0.6 is 0 Å². The molecule has 3 saturated carbocycles. The Bertz CT molecular complexity index is 1080. The first-order chi connectivity index (χ1) is 17.4. The summed E-state index contributed by atoms with van der Waals surface area (Å²) in [5.41, 5.74) is 2.37. The summed E-state index contributed by atoms with van der Waals surface area (Å²) in [6.07, 6.45) is 5.47. The molecule has 10 heteroatoms. The van der Waals surface area contributed by atoms with Gasteiger partial charge in [-0.25, -0.2) is 5.48 Å². The number of carbonyl (C=O) groups is 3. The molecule has 4 aliphatic rings. The molecule has 5 atom stereocenters. The Kier molecular flexibility index (Phi) is 7.83. The Morgan fingerprint density at radius 3 is 2.68 bits per heavy atom. The minimum Gasteiger partial charge on any atom is -0.404 e. The number of rotatable bonds is 9. The number of nitrogens with one attached hydrogen (secondary N) is 3. The average molecular weight is 511 g/mol. The summed E-state index contributed by atoms with van der Waals surface area (Å²) < 4.78 is 13.0. The van der Waals surface area contributed by atoms with Crippen molar-refractivity contribution in [3.8, 4) is 0 Å². The number of hydrogen-bond acceptors (Lipinski definition) is 6. The highest BCUT2D eigenvalue weighted by molar-refractivity contribution is 6.47. The molecule has 1 heterocycles. The topological polar surface area (TPSA) is 126 Å². The van der Waals surface area contributed by atoms with Crippen LogP contribution in [0.5, 0.6) is 0 Å². The molecule has 1 unspecified atom stereocenters. The third-order valence-electron chi connectivity index (χ3n) is 8.33. The molecule has 37 heavy (non-hydrogen) atoms. The van der Waals surface area contributed by atoms with E-state index in [4.69, 9.17) is 14.5 Å². The number of carbonyl (C=O) groups excluding carboxylic acids is 3. The minimum atomic E-state index is -0.674. The van der Waals surface area contributed by atoms with Crippen LogP contribution in [0.25, 0.3) is 6.08 Å². The SMILES string of the molecule is CC(C)C[C@H](NC(=O)CNC(=O)c1cccc(/C=C/C(=O)NO)c1)B1OC2[C@@H]3C[C@H](C[C@]2(C)O1)C3(C)C. The summed E-state index contributed by atoms with van der Waals surface area (Å²) in [5.74, 6) is -0.311. The lowest BCUT2D eigenvalue weighted by atomic mass is 9.45. The molecular formula is C27H38BN3O6. The molecule has 3 amide bonds. The van der Waals surface area contributed by atoms with Gasteiger partial charge in [-0.1, -0.05) is 39.8 Å². The first kappa shape index (κ1) is 27.4. The Balaban J connectivity index is 1.35. The van der Waals surface area contributed by atoms with Gasteiger partial charge in [0.05, 0.1) is 24.2 Å². The average Bonchev–Trinajstić information content (AvgIpc) is 3.22. The van der Waals surface area contributed by atoms with Crippen LogP contribution in [0.4, 0.5) is 0 Å². The van der Waals surface area contributed by atoms with Gasteiger partial charge in [-0.2, -0.15) is 0 Å². The van der Waals surface area contributed by atoms with Crippen molar-refractivity contribution in [1.29, 1.82) is 0 Å². The third-order valence-corrected chi connectivity index (χ3v) is 8.33. The number of amides is 3. The highest BCUT2D eigenvalue weighted by Crippen LogP contribution is 2.64. The van der Waals surface area contributed by atoms with Gasteiger partial charge in [-0.05, 0) is 73.1 Å². The largest absolute Gasteiger partial charge is 0.481 e. The fourth-order valence-electron chi connectivity index (χ4n) is 6.18. The van der Waals surface area contributed by atoms with Crippen molar-refractivity contribution in [3.05, 3.63) is 41.5 Å². The summed E-state index contributed by atoms with van der Waals surface area (Å²) in [7, 11) is -0.521. The van der Waals surface area contributed by atoms with E-state index in [1.807, 2.05) is 0 Å². The van der Waals surface area contributed by atoms with E-state index in [1.54, 1.807) is 24.3 Å². The number of hydroxylamine groups is 1. The fourth-order valence-corrected chi connectivity index (χ4v) is 6.18. The lowest BCUT2D eigenvalue weighted by Crippen LogP contribution is -2.63. The van der Waals surface area contributed by atoms with Crippen molar-refractivity contribution in [1.82, 2.24) is 16.1 Å². The molecule has 1 saturated heterocycles. The molecule has 5 rings (SSSR count). The van der Waals surface area contributed by atoms with E-state index < -0.39 is 18.9 Å². The maximum Gasteiger partial charge on any atom is 0.481 e. The van der Waals surface area contributed by atoms with Crippen molar-refractivity contribution < 1.29 is 28.9 Å². The van der Waals surface area contributed by atoms with Gasteiger partial charge in [0.15, 0.2) is 0 Å². The van der Waals surface area contributed by atoms with Crippen molar-refractivity contribution in [2.45, 2.75) is 71.5 Å². The van der Waals surface area contributed by atoms with Crippen molar-refractivity contribution in [2.24, 2.45) is 23.2 Å². The first-order valence-corrected chi connectivity index (χ1v) is 13.1. The van der Waals surface area contributed by atoms with Gasteiger partial charge in [0.2, 0.25) is 5.91 Å². The first-order valence-electron chi connectivity index (χ1n) is 13.1. The van der Waals surface area contributed by atoms with Crippen LogP contribution in [-0.4, -0.2) is 54.2 Å². The molecule has 4 N–H and O–H groups in total. The van der Waals surface area contributed by atoms with E-state index in [9.17, 15) is 14.4 Å². The molecule has 0 radical (unpaired) electrons. The summed E-state index contributed by atoms with van der Waals surface area (Å²) >= 11 is 0. The van der Waals surface area contributed by atoms with Gasteiger partial charge in [0.25, 0.3) is 11.8 Å². The Labute approximate surface area is 218 Å². The van der Waals surface area contributed by atoms with E-state index in [-0.39, 0.29) is 35.5 Å². The van der Waals surface area contributed by atoms with E-state index >= 15 is 0 Å². The summed E-state index contributed by atoms with van der Waals surface area (Å²) in [4.78, 5) is 36.7. The van der Waals surface area contributed by atoms with Gasteiger partial charge >= 0.3 is 7.12 Å². The molecule has 9 nitrogen and oxygen atoms in total. The summed E-state index contributed by atoms with van der Waals surface area (Å²) in [6, 6.07) is 6.59. The van der Waals surface area contributed by atoms with Crippen LogP contribution in [0.15, 0.2) is 30.3 Å². The quantitative estimate of drug-likeness (QED) is 0.175. The van der Waals surface area contributed by atoms with Crippen molar-refractivity contribution in [3.63, 3.8) is 0 Å². The maximum absolute atomic E-state index is 12.9. The zero-order valence-corrected chi connectivity index (χ0v) is 22.2. The molecule has 3 aliphatic carbocycles. The Hall–Kier alpha value is -2.69. The molecule has 2 bridgehead atoms. The predicted molar refractivity (Wildman–Crippen MR) is 139 cm³/mol. The number of benzene rings is 1. The summed E-state index contributed by atoms with van der Waals surface area (Å²) in [6.45, 7) is 10.8. The molecule has 1 aromatic carbocycles. The number of hydrogen-bond donors (Lipinski definition) is 4. The Morgan fingerprint density at radius 2 is 2.00 bits per heavy atom. The predicted octanol–water partition coefficient (Wildman–Crippen LogP) is 2.73. The van der Waals surface area contributed by atoms with E-state index in [1.165, 1.54) is 18.0 Å². The van der Waals surface area contributed by atoms with Crippen molar-refractivity contribution in [2.75, 3.05) is 6.54 Å². The standard InChI is InChI=1S/C27H38BN3O6/c1-16(2)11-21(28-36-24-20-13-19(26(20,3)4)14-27(24,5)37-28)30-23(33)15-29-25(34)18-8-6-7-17(12-18)9-10-22(32)31-35/h6-10,12,16,19-21,24,35H,11,13-15H2,1-5H3,(H,29,34)(H,30,33)(H,31,32)/b10-9+/t19-,20+,21+,24?,27+/m1/s1. The van der Waals surface area contributed by atoms with Crippen LogP contribution in [0.2, 0.25) is 0 Å². The minimum absolute atomic E-state index is 0.0218. The van der Waals surface area contributed by atoms with Crippen LogP contribution in [0.1, 0.15) is 69.8 Å². The fraction of sp³-hybridized carbons (Fsp3) is 0.593. The lowest BCUT2D eigenvalue weighted by Gasteiger charge is -2.63. The van der Waals surface area contributed by atoms with Gasteiger partial charge in [0.1, 0.15) is 0 Å². The molecule has 1 aromatic rings. The second-order valence-electron chi connectivity index (χ2n) is 11.8. The lowest BCUT2D eigenvalue weighted by molar-refractivity contribution is -0.185.